The van der Waals surface area contributed by atoms with Crippen LogP contribution in [0.5, 0.6) is 0 Å². The average molecular weight is 280 g/mol. The van der Waals surface area contributed by atoms with Crippen LogP contribution in [0.2, 0.25) is 0 Å². The first-order valence-corrected chi connectivity index (χ1v) is 6.80. The van der Waals surface area contributed by atoms with E-state index in [0.29, 0.717) is 24.9 Å². The minimum absolute atomic E-state index is 0.0729. The van der Waals surface area contributed by atoms with Crippen LogP contribution >= 0.6 is 0 Å². The highest BCUT2D eigenvalue weighted by atomic mass is 16.4. The number of carboxylic acid groups (broad SMARTS) is 1. The van der Waals surface area contributed by atoms with Crippen LogP contribution < -0.4 is 10.6 Å². The maximum atomic E-state index is 11.8. The molecule has 0 bridgehead atoms. The Morgan fingerprint density at radius 3 is 2.75 bits per heavy atom. The average Bonchev–Trinajstić information content (AvgIpc) is 2.98. The highest BCUT2D eigenvalue weighted by molar-refractivity contribution is 5.89. The van der Waals surface area contributed by atoms with Crippen LogP contribution in [-0.4, -0.2) is 32.9 Å². The van der Waals surface area contributed by atoms with Crippen molar-refractivity contribution >= 4 is 17.7 Å². The maximum absolute atomic E-state index is 11.8. The van der Waals surface area contributed by atoms with E-state index < -0.39 is 5.97 Å². The van der Waals surface area contributed by atoms with Gasteiger partial charge in [0.2, 0.25) is 0 Å². The SMILES string of the molecule is CC(C)n1cc(NC(=O)NC2CCC(C(=O)O)C2)cn1. The van der Waals surface area contributed by atoms with E-state index >= 15 is 0 Å². The Hall–Kier alpha value is -2.05. The minimum Gasteiger partial charge on any atom is -0.481 e. The van der Waals surface area contributed by atoms with Gasteiger partial charge in [0, 0.05) is 18.3 Å². The second-order valence-electron chi connectivity index (χ2n) is 5.45. The summed E-state index contributed by atoms with van der Waals surface area (Å²) in [4.78, 5) is 22.7. The first kappa shape index (κ1) is 14.4. The van der Waals surface area contributed by atoms with Gasteiger partial charge >= 0.3 is 12.0 Å². The van der Waals surface area contributed by atoms with Crippen molar-refractivity contribution < 1.29 is 14.7 Å². The number of aromatic nitrogens is 2. The third-order valence-electron chi connectivity index (χ3n) is 3.51. The molecule has 7 nitrogen and oxygen atoms in total. The van der Waals surface area contributed by atoms with E-state index in [1.54, 1.807) is 17.1 Å². The molecule has 0 aromatic carbocycles. The smallest absolute Gasteiger partial charge is 0.319 e. The molecule has 7 heteroatoms. The summed E-state index contributed by atoms with van der Waals surface area (Å²) in [6.45, 7) is 4.00. The fourth-order valence-electron chi connectivity index (χ4n) is 2.37. The lowest BCUT2D eigenvalue weighted by Crippen LogP contribution is -2.36. The lowest BCUT2D eigenvalue weighted by molar-refractivity contribution is -0.141. The monoisotopic (exact) mass is 280 g/mol. The molecule has 20 heavy (non-hydrogen) atoms. The van der Waals surface area contributed by atoms with E-state index in [-0.39, 0.29) is 24.0 Å². The van der Waals surface area contributed by atoms with Gasteiger partial charge in [-0.2, -0.15) is 5.10 Å². The molecule has 1 aromatic rings. The zero-order valence-electron chi connectivity index (χ0n) is 11.7. The van der Waals surface area contributed by atoms with E-state index in [0.717, 1.165) is 0 Å². The van der Waals surface area contributed by atoms with Gasteiger partial charge in [-0.1, -0.05) is 0 Å². The number of nitrogens with zero attached hydrogens (tertiary/aromatic N) is 2. The number of carbonyl (C=O) groups excluding carboxylic acids is 1. The van der Waals surface area contributed by atoms with Crippen LogP contribution in [0.3, 0.4) is 0 Å². The number of hydrogen-bond acceptors (Lipinski definition) is 3. The Balaban J connectivity index is 1.82. The zero-order chi connectivity index (χ0) is 14.7. The molecule has 2 amide bonds. The molecular formula is C13H20N4O3. The van der Waals surface area contributed by atoms with Gasteiger partial charge in [0.1, 0.15) is 0 Å². The van der Waals surface area contributed by atoms with Gasteiger partial charge in [-0.05, 0) is 33.1 Å². The van der Waals surface area contributed by atoms with Crippen LogP contribution in [0.1, 0.15) is 39.2 Å². The van der Waals surface area contributed by atoms with Crippen molar-refractivity contribution in [2.45, 2.75) is 45.2 Å². The summed E-state index contributed by atoms with van der Waals surface area (Å²) in [7, 11) is 0. The van der Waals surface area contributed by atoms with Crippen LogP contribution in [0.25, 0.3) is 0 Å². The molecule has 2 rings (SSSR count). The number of aliphatic carboxylic acids is 1. The van der Waals surface area contributed by atoms with Crippen LogP contribution in [0.15, 0.2) is 12.4 Å². The summed E-state index contributed by atoms with van der Waals surface area (Å²) in [5.41, 5.74) is 0.629. The van der Waals surface area contributed by atoms with Crippen LogP contribution in [-0.2, 0) is 4.79 Å². The molecule has 2 atom stereocenters. The van der Waals surface area contributed by atoms with Gasteiger partial charge < -0.3 is 15.7 Å². The molecule has 1 aliphatic carbocycles. The van der Waals surface area contributed by atoms with Crippen LogP contribution in [0.4, 0.5) is 10.5 Å². The topological polar surface area (TPSA) is 96.2 Å². The number of nitrogens with one attached hydrogen (secondary N) is 2. The van der Waals surface area contributed by atoms with Crippen molar-refractivity contribution in [3.05, 3.63) is 12.4 Å². The number of anilines is 1. The summed E-state index contributed by atoms with van der Waals surface area (Å²) in [5.74, 6) is -1.13. The number of carbonyl (C=O) groups is 2. The molecule has 0 saturated heterocycles. The second kappa shape index (κ2) is 5.94. The van der Waals surface area contributed by atoms with Gasteiger partial charge in [0.05, 0.1) is 17.8 Å². The normalized spacial score (nSPS) is 21.9. The van der Waals surface area contributed by atoms with E-state index in [1.165, 1.54) is 0 Å². The minimum atomic E-state index is -0.784. The summed E-state index contributed by atoms with van der Waals surface area (Å²) in [6, 6.07) is -0.152. The molecule has 110 valence electrons. The molecule has 1 saturated carbocycles. The van der Waals surface area contributed by atoms with Gasteiger partial charge in [0.25, 0.3) is 0 Å². The highest BCUT2D eigenvalue weighted by Gasteiger charge is 2.30. The molecule has 0 spiro atoms. The molecule has 1 heterocycles. The van der Waals surface area contributed by atoms with Crippen molar-refractivity contribution in [3.8, 4) is 0 Å². The summed E-state index contributed by atoms with van der Waals surface area (Å²) < 4.78 is 1.76. The lowest BCUT2D eigenvalue weighted by Gasteiger charge is -2.12. The molecular weight excluding hydrogens is 260 g/mol. The van der Waals surface area contributed by atoms with Crippen molar-refractivity contribution in [1.82, 2.24) is 15.1 Å². The molecule has 0 radical (unpaired) electrons. The number of amides is 2. The number of rotatable bonds is 4. The lowest BCUT2D eigenvalue weighted by atomic mass is 10.1. The van der Waals surface area contributed by atoms with Gasteiger partial charge in [-0.25, -0.2) is 4.79 Å². The maximum Gasteiger partial charge on any atom is 0.319 e. The molecule has 2 unspecified atom stereocenters. The summed E-state index contributed by atoms with van der Waals surface area (Å²) >= 11 is 0. The van der Waals surface area contributed by atoms with E-state index in [9.17, 15) is 9.59 Å². The first-order chi connectivity index (χ1) is 9.45. The number of urea groups is 1. The third-order valence-corrected chi connectivity index (χ3v) is 3.51. The van der Waals surface area contributed by atoms with E-state index in [1.807, 2.05) is 13.8 Å². The van der Waals surface area contributed by atoms with Gasteiger partial charge in [-0.15, -0.1) is 0 Å². The largest absolute Gasteiger partial charge is 0.481 e. The first-order valence-electron chi connectivity index (χ1n) is 6.80. The molecule has 3 N–H and O–H groups in total. The number of carboxylic acids is 1. The quantitative estimate of drug-likeness (QED) is 0.784. The second-order valence-corrected chi connectivity index (χ2v) is 5.45. The standard InChI is InChI=1S/C13H20N4O3/c1-8(2)17-7-11(6-14-17)16-13(20)15-10-4-3-9(5-10)12(18)19/h6-10H,3-5H2,1-2H3,(H,18,19)(H2,15,16,20). The Kier molecular flexibility index (Phi) is 4.26. The Bertz CT molecular complexity index is 498. The molecule has 1 fully saturated rings. The third kappa shape index (κ3) is 3.49. The van der Waals surface area contributed by atoms with Gasteiger partial charge in [0.15, 0.2) is 0 Å². The van der Waals surface area contributed by atoms with Gasteiger partial charge in [-0.3, -0.25) is 9.48 Å². The Morgan fingerprint density at radius 1 is 1.45 bits per heavy atom. The highest BCUT2D eigenvalue weighted by Crippen LogP contribution is 2.25. The summed E-state index contributed by atoms with van der Waals surface area (Å²) in [6.07, 6.45) is 5.17. The summed E-state index contributed by atoms with van der Waals surface area (Å²) in [5, 5.41) is 18.6. The fourth-order valence-corrected chi connectivity index (χ4v) is 2.37. The number of hydrogen-bond donors (Lipinski definition) is 3. The van der Waals surface area contributed by atoms with Crippen molar-refractivity contribution in [1.29, 1.82) is 0 Å². The Morgan fingerprint density at radius 2 is 2.20 bits per heavy atom. The van der Waals surface area contributed by atoms with Crippen LogP contribution in [0, 0.1) is 5.92 Å². The van der Waals surface area contributed by atoms with Crippen molar-refractivity contribution in [2.75, 3.05) is 5.32 Å². The Labute approximate surface area is 117 Å². The predicted molar refractivity (Wildman–Crippen MR) is 73.5 cm³/mol. The fraction of sp³-hybridized carbons (Fsp3) is 0.615. The predicted octanol–water partition coefficient (Wildman–Crippen LogP) is 1.84. The van der Waals surface area contributed by atoms with E-state index in [4.69, 9.17) is 5.11 Å². The zero-order valence-corrected chi connectivity index (χ0v) is 11.7. The van der Waals surface area contributed by atoms with E-state index in [2.05, 4.69) is 15.7 Å². The molecule has 1 aromatic heterocycles. The van der Waals surface area contributed by atoms with Crippen molar-refractivity contribution in [2.24, 2.45) is 5.92 Å². The molecule has 1 aliphatic rings. The molecule has 0 aliphatic heterocycles. The van der Waals surface area contributed by atoms with Crippen molar-refractivity contribution in [3.63, 3.8) is 0 Å².